The van der Waals surface area contributed by atoms with Crippen LogP contribution in [0.1, 0.15) is 46.0 Å². The molecule has 5 rings (SSSR count). The summed E-state index contributed by atoms with van der Waals surface area (Å²) < 4.78 is 0. The van der Waals surface area contributed by atoms with Crippen LogP contribution in [0, 0.1) is 0 Å². The predicted molar refractivity (Wildman–Crippen MR) is 122 cm³/mol. The van der Waals surface area contributed by atoms with Gasteiger partial charge in [0.05, 0.1) is 5.41 Å². The molecule has 0 bridgehead atoms. The number of carbonyl (C=O) groups is 3. The van der Waals surface area contributed by atoms with Crippen LogP contribution in [-0.4, -0.2) is 40.6 Å². The smallest absolute Gasteiger partial charge is 0.253 e. The average Bonchev–Trinajstić information content (AvgIpc) is 3.10. The van der Waals surface area contributed by atoms with Gasteiger partial charge < -0.3 is 10.2 Å². The minimum absolute atomic E-state index is 0.00703. The SMILES string of the molecule is CC(=O)c1ccc(-c2ccc3c(c2)C2(CCN(C(=O)c4ccncc4)CC2)C(=O)N3)cc1. The van der Waals surface area contributed by atoms with E-state index >= 15 is 0 Å². The lowest BCUT2D eigenvalue weighted by molar-refractivity contribution is -0.122. The molecular weight excluding hydrogens is 402 g/mol. The summed E-state index contributed by atoms with van der Waals surface area (Å²) in [5.74, 6) is 0.0140. The summed E-state index contributed by atoms with van der Waals surface area (Å²) in [6, 6.07) is 17.0. The zero-order valence-corrected chi connectivity index (χ0v) is 17.8. The number of hydrogen-bond donors (Lipinski definition) is 1. The summed E-state index contributed by atoms with van der Waals surface area (Å²) in [6.07, 6.45) is 4.39. The fourth-order valence-corrected chi connectivity index (χ4v) is 4.76. The van der Waals surface area contributed by atoms with E-state index in [1.165, 1.54) is 0 Å². The Morgan fingerprint density at radius 3 is 2.22 bits per heavy atom. The standard InChI is InChI=1S/C26H23N3O3/c1-17(30)18-2-4-19(5-3-18)21-6-7-23-22(16-21)26(25(32)28-23)10-14-29(15-11-26)24(31)20-8-12-27-13-9-20/h2-9,12-13,16H,10-11,14-15H2,1H3,(H,28,32). The summed E-state index contributed by atoms with van der Waals surface area (Å²) in [6.45, 7) is 2.59. The number of anilines is 1. The number of rotatable bonds is 3. The molecule has 0 unspecified atom stereocenters. The average molecular weight is 425 g/mol. The fourth-order valence-electron chi connectivity index (χ4n) is 4.76. The van der Waals surface area contributed by atoms with Crippen molar-refractivity contribution in [1.29, 1.82) is 0 Å². The highest BCUT2D eigenvalue weighted by Gasteiger charge is 2.49. The van der Waals surface area contributed by atoms with E-state index in [9.17, 15) is 14.4 Å². The molecule has 2 aromatic carbocycles. The summed E-state index contributed by atoms with van der Waals surface area (Å²) in [4.78, 5) is 43.2. The van der Waals surface area contributed by atoms with Crippen molar-refractivity contribution in [2.45, 2.75) is 25.2 Å². The zero-order valence-electron chi connectivity index (χ0n) is 17.8. The van der Waals surface area contributed by atoms with Crippen molar-refractivity contribution >= 4 is 23.3 Å². The van der Waals surface area contributed by atoms with E-state index in [1.807, 2.05) is 41.3 Å². The molecule has 1 spiro atoms. The van der Waals surface area contributed by atoms with Crippen LogP contribution in [0.2, 0.25) is 0 Å². The van der Waals surface area contributed by atoms with Gasteiger partial charge in [0.15, 0.2) is 5.78 Å². The van der Waals surface area contributed by atoms with Crippen LogP contribution < -0.4 is 5.32 Å². The Balaban J connectivity index is 1.41. The van der Waals surface area contributed by atoms with Gasteiger partial charge in [0.1, 0.15) is 0 Å². The monoisotopic (exact) mass is 425 g/mol. The first kappa shape index (κ1) is 20.1. The minimum atomic E-state index is -0.625. The molecule has 3 aromatic rings. The molecule has 6 heteroatoms. The van der Waals surface area contributed by atoms with Crippen molar-refractivity contribution in [2.24, 2.45) is 0 Å². The number of nitrogens with one attached hydrogen (secondary N) is 1. The first-order valence-corrected chi connectivity index (χ1v) is 10.7. The zero-order chi connectivity index (χ0) is 22.3. The van der Waals surface area contributed by atoms with E-state index in [-0.39, 0.29) is 17.6 Å². The van der Waals surface area contributed by atoms with Gasteiger partial charge in [-0.25, -0.2) is 0 Å². The third-order valence-corrected chi connectivity index (χ3v) is 6.67. The number of hydrogen-bond acceptors (Lipinski definition) is 4. The van der Waals surface area contributed by atoms with Gasteiger partial charge >= 0.3 is 0 Å². The number of ketones is 1. The molecule has 2 aliphatic heterocycles. The molecule has 2 aliphatic rings. The molecule has 0 aliphatic carbocycles. The third-order valence-electron chi connectivity index (χ3n) is 6.67. The molecule has 160 valence electrons. The summed E-state index contributed by atoms with van der Waals surface area (Å²) in [5, 5.41) is 3.04. The summed E-state index contributed by atoms with van der Waals surface area (Å²) in [7, 11) is 0. The molecule has 3 heterocycles. The maximum Gasteiger partial charge on any atom is 0.253 e. The van der Waals surface area contributed by atoms with Crippen molar-refractivity contribution in [3.8, 4) is 11.1 Å². The minimum Gasteiger partial charge on any atom is -0.339 e. The lowest BCUT2D eigenvalue weighted by Crippen LogP contribution is -2.48. The molecule has 2 amide bonds. The van der Waals surface area contributed by atoms with Gasteiger partial charge in [0.25, 0.3) is 5.91 Å². The first-order valence-electron chi connectivity index (χ1n) is 10.7. The molecule has 0 saturated carbocycles. The predicted octanol–water partition coefficient (Wildman–Crippen LogP) is 4.08. The number of benzene rings is 2. The molecule has 1 aromatic heterocycles. The summed E-state index contributed by atoms with van der Waals surface area (Å²) in [5.41, 5.74) is 4.50. The number of pyridine rings is 1. The van der Waals surface area contributed by atoms with E-state index in [0.717, 1.165) is 22.4 Å². The van der Waals surface area contributed by atoms with Gasteiger partial charge in [-0.3, -0.25) is 19.4 Å². The van der Waals surface area contributed by atoms with Crippen LogP contribution in [0.15, 0.2) is 67.0 Å². The molecule has 1 N–H and O–H groups in total. The van der Waals surface area contributed by atoms with Crippen LogP contribution in [-0.2, 0) is 10.2 Å². The molecule has 1 fully saturated rings. The Hall–Kier alpha value is -3.80. The van der Waals surface area contributed by atoms with Gasteiger partial charge in [0.2, 0.25) is 5.91 Å². The third kappa shape index (κ3) is 3.28. The number of piperidine rings is 1. The van der Waals surface area contributed by atoms with Crippen molar-refractivity contribution in [3.63, 3.8) is 0 Å². The number of Topliss-reactive ketones (excluding diaryl/α,β-unsaturated/α-hetero) is 1. The van der Waals surface area contributed by atoms with Crippen molar-refractivity contribution < 1.29 is 14.4 Å². The van der Waals surface area contributed by atoms with E-state index in [1.54, 1.807) is 31.5 Å². The Labute approximate surface area is 186 Å². The lowest BCUT2D eigenvalue weighted by atomic mass is 9.73. The largest absolute Gasteiger partial charge is 0.339 e. The molecule has 0 radical (unpaired) electrons. The van der Waals surface area contributed by atoms with Gasteiger partial charge in [-0.1, -0.05) is 30.3 Å². The van der Waals surface area contributed by atoms with E-state index in [0.29, 0.717) is 37.1 Å². The number of likely N-dealkylation sites (tertiary alicyclic amines) is 1. The molecular formula is C26H23N3O3. The Morgan fingerprint density at radius 1 is 0.906 bits per heavy atom. The normalized spacial score (nSPS) is 16.5. The molecule has 6 nitrogen and oxygen atoms in total. The Morgan fingerprint density at radius 2 is 1.56 bits per heavy atom. The van der Waals surface area contributed by atoms with Gasteiger partial charge in [-0.05, 0) is 60.7 Å². The number of fused-ring (bicyclic) bond motifs is 2. The number of amides is 2. The van der Waals surface area contributed by atoms with E-state index in [4.69, 9.17) is 0 Å². The Kier molecular flexibility index (Phi) is 4.85. The van der Waals surface area contributed by atoms with Crippen LogP contribution in [0.5, 0.6) is 0 Å². The maximum atomic E-state index is 13.1. The van der Waals surface area contributed by atoms with Crippen LogP contribution in [0.4, 0.5) is 5.69 Å². The highest BCUT2D eigenvalue weighted by molar-refractivity contribution is 6.07. The van der Waals surface area contributed by atoms with Gasteiger partial charge in [-0.15, -0.1) is 0 Å². The highest BCUT2D eigenvalue weighted by Crippen LogP contribution is 2.46. The quantitative estimate of drug-likeness (QED) is 0.642. The molecule has 32 heavy (non-hydrogen) atoms. The summed E-state index contributed by atoms with van der Waals surface area (Å²) >= 11 is 0. The number of carbonyl (C=O) groups excluding carboxylic acids is 3. The highest BCUT2D eigenvalue weighted by atomic mass is 16.2. The van der Waals surface area contributed by atoms with Crippen molar-refractivity contribution in [1.82, 2.24) is 9.88 Å². The van der Waals surface area contributed by atoms with Crippen molar-refractivity contribution in [2.75, 3.05) is 18.4 Å². The van der Waals surface area contributed by atoms with Gasteiger partial charge in [0, 0.05) is 42.3 Å². The second-order valence-electron chi connectivity index (χ2n) is 8.46. The van der Waals surface area contributed by atoms with Crippen molar-refractivity contribution in [3.05, 3.63) is 83.7 Å². The second kappa shape index (κ2) is 7.71. The first-order chi connectivity index (χ1) is 15.5. The van der Waals surface area contributed by atoms with E-state index < -0.39 is 5.41 Å². The fraction of sp³-hybridized carbons (Fsp3) is 0.231. The second-order valence-corrected chi connectivity index (χ2v) is 8.46. The van der Waals surface area contributed by atoms with Crippen LogP contribution >= 0.6 is 0 Å². The van der Waals surface area contributed by atoms with Gasteiger partial charge in [-0.2, -0.15) is 0 Å². The Bertz CT molecular complexity index is 1210. The van der Waals surface area contributed by atoms with E-state index in [2.05, 4.69) is 16.4 Å². The number of nitrogens with zero attached hydrogens (tertiary/aromatic N) is 2. The topological polar surface area (TPSA) is 79.4 Å². The van der Waals surface area contributed by atoms with Crippen LogP contribution in [0.25, 0.3) is 11.1 Å². The van der Waals surface area contributed by atoms with Crippen LogP contribution in [0.3, 0.4) is 0 Å². The lowest BCUT2D eigenvalue weighted by Gasteiger charge is -2.38. The molecule has 1 saturated heterocycles. The molecule has 0 atom stereocenters. The maximum absolute atomic E-state index is 13.1. The number of aromatic nitrogens is 1.